The highest BCUT2D eigenvalue weighted by molar-refractivity contribution is 5.65. The Balaban J connectivity index is 2.63. The summed E-state index contributed by atoms with van der Waals surface area (Å²) in [4.78, 5) is 0. The molecule has 0 saturated carbocycles. The number of alkyl halides is 3. The zero-order valence-corrected chi connectivity index (χ0v) is 9.85. The smallest absolute Gasteiger partial charge is 0.206 e. The van der Waals surface area contributed by atoms with Crippen LogP contribution in [-0.2, 0) is 6.18 Å². The number of aryl methyl sites for hydroxylation is 1. The van der Waals surface area contributed by atoms with Crippen molar-refractivity contribution in [3.8, 4) is 11.1 Å². The predicted molar refractivity (Wildman–Crippen MR) is 61.5 cm³/mol. The highest BCUT2D eigenvalue weighted by atomic mass is 19.4. The minimum atomic E-state index is -5.06. The van der Waals surface area contributed by atoms with Crippen molar-refractivity contribution < 1.29 is 22.0 Å². The van der Waals surface area contributed by atoms with Crippen LogP contribution in [0.2, 0.25) is 0 Å². The highest BCUT2D eigenvalue weighted by Gasteiger charge is 2.38. The van der Waals surface area contributed by atoms with E-state index in [0.717, 1.165) is 11.6 Å². The fourth-order valence-electron chi connectivity index (χ4n) is 1.77. The Morgan fingerprint density at radius 1 is 0.842 bits per heavy atom. The van der Waals surface area contributed by atoms with Gasteiger partial charge in [-0.3, -0.25) is 0 Å². The first-order valence-corrected chi connectivity index (χ1v) is 5.43. The van der Waals surface area contributed by atoms with E-state index in [4.69, 9.17) is 0 Å². The molecule has 0 fully saturated rings. The van der Waals surface area contributed by atoms with Crippen LogP contribution in [0, 0.1) is 18.6 Å². The first-order chi connectivity index (χ1) is 8.80. The molecule has 0 radical (unpaired) electrons. The number of halogens is 5. The molecule has 19 heavy (non-hydrogen) atoms. The minimum Gasteiger partial charge on any atom is -0.206 e. The third-order valence-electron chi connectivity index (χ3n) is 2.74. The lowest BCUT2D eigenvalue weighted by molar-refractivity contribution is -0.142. The zero-order chi connectivity index (χ0) is 14.2. The van der Waals surface area contributed by atoms with Crippen LogP contribution in [0.1, 0.15) is 11.1 Å². The molecule has 0 amide bonds. The summed E-state index contributed by atoms with van der Waals surface area (Å²) >= 11 is 0. The summed E-state index contributed by atoms with van der Waals surface area (Å²) in [6, 6.07) is 7.90. The maximum atomic E-state index is 13.9. The van der Waals surface area contributed by atoms with Gasteiger partial charge in [-0.2, -0.15) is 13.2 Å². The summed E-state index contributed by atoms with van der Waals surface area (Å²) in [5, 5.41) is 0. The maximum absolute atomic E-state index is 13.9. The molecule has 0 N–H and O–H groups in total. The molecule has 0 bridgehead atoms. The lowest BCUT2D eigenvalue weighted by Crippen LogP contribution is -2.12. The van der Waals surface area contributed by atoms with Crippen LogP contribution in [0.25, 0.3) is 11.1 Å². The van der Waals surface area contributed by atoms with E-state index < -0.39 is 23.4 Å². The Kier molecular flexibility index (Phi) is 3.30. The second-order valence-electron chi connectivity index (χ2n) is 4.15. The molecule has 0 spiro atoms. The van der Waals surface area contributed by atoms with Gasteiger partial charge >= 0.3 is 6.18 Å². The summed E-state index contributed by atoms with van der Waals surface area (Å²) in [7, 11) is 0. The third kappa shape index (κ3) is 2.59. The molecule has 0 heterocycles. The second-order valence-corrected chi connectivity index (χ2v) is 4.15. The van der Waals surface area contributed by atoms with Crippen LogP contribution in [0.5, 0.6) is 0 Å². The van der Waals surface area contributed by atoms with Gasteiger partial charge in [-0.15, -0.1) is 0 Å². The van der Waals surface area contributed by atoms with Gasteiger partial charge in [0.25, 0.3) is 0 Å². The number of hydrogen-bond acceptors (Lipinski definition) is 0. The van der Waals surface area contributed by atoms with Gasteiger partial charge in [0.2, 0.25) is 0 Å². The fraction of sp³-hybridized carbons (Fsp3) is 0.143. The normalized spacial score (nSPS) is 11.7. The van der Waals surface area contributed by atoms with E-state index in [0.29, 0.717) is 6.07 Å². The molecule has 100 valence electrons. The van der Waals surface area contributed by atoms with Gasteiger partial charge in [-0.1, -0.05) is 29.8 Å². The van der Waals surface area contributed by atoms with Gasteiger partial charge < -0.3 is 0 Å². The summed E-state index contributed by atoms with van der Waals surface area (Å²) in [5.41, 5.74) is -0.963. The molecule has 2 aromatic carbocycles. The van der Waals surface area contributed by atoms with Crippen molar-refractivity contribution in [1.29, 1.82) is 0 Å². The summed E-state index contributed by atoms with van der Waals surface area (Å²) < 4.78 is 64.8. The summed E-state index contributed by atoms with van der Waals surface area (Å²) in [6.07, 6.45) is -5.06. The Labute approximate surface area is 106 Å². The van der Waals surface area contributed by atoms with Crippen LogP contribution in [-0.4, -0.2) is 0 Å². The molecule has 0 aliphatic heterocycles. The number of hydrogen-bond donors (Lipinski definition) is 0. The van der Waals surface area contributed by atoms with Crippen LogP contribution in [0.4, 0.5) is 22.0 Å². The van der Waals surface area contributed by atoms with E-state index >= 15 is 0 Å². The molecule has 0 saturated heterocycles. The van der Waals surface area contributed by atoms with Crippen molar-refractivity contribution in [2.24, 2.45) is 0 Å². The molecule has 0 aliphatic carbocycles. The quantitative estimate of drug-likeness (QED) is 0.644. The van der Waals surface area contributed by atoms with Crippen molar-refractivity contribution >= 4 is 0 Å². The molecular formula is C14H9F5. The molecule has 2 aromatic rings. The Morgan fingerprint density at radius 3 is 1.95 bits per heavy atom. The molecule has 2 rings (SSSR count). The first-order valence-electron chi connectivity index (χ1n) is 5.43. The average Bonchev–Trinajstić information content (AvgIpc) is 2.29. The number of rotatable bonds is 1. The Hall–Kier alpha value is -1.91. The van der Waals surface area contributed by atoms with Crippen molar-refractivity contribution in [2.75, 3.05) is 0 Å². The lowest BCUT2D eigenvalue weighted by Gasteiger charge is -2.12. The van der Waals surface area contributed by atoms with Crippen LogP contribution in [0.3, 0.4) is 0 Å². The van der Waals surface area contributed by atoms with Gasteiger partial charge in [0, 0.05) is 5.56 Å². The Bertz CT molecular complexity index is 596. The van der Waals surface area contributed by atoms with E-state index in [-0.39, 0.29) is 11.1 Å². The number of benzene rings is 2. The molecular weight excluding hydrogens is 263 g/mol. The largest absolute Gasteiger partial charge is 0.422 e. The second kappa shape index (κ2) is 4.64. The SMILES string of the molecule is Cc1ccc(-c2ccc(F)c(C(F)(F)F)c2F)cc1. The van der Waals surface area contributed by atoms with Crippen molar-refractivity contribution in [2.45, 2.75) is 13.1 Å². The van der Waals surface area contributed by atoms with Crippen molar-refractivity contribution in [3.63, 3.8) is 0 Å². The monoisotopic (exact) mass is 272 g/mol. The van der Waals surface area contributed by atoms with Crippen LogP contribution < -0.4 is 0 Å². The van der Waals surface area contributed by atoms with E-state index in [1.807, 2.05) is 0 Å². The van der Waals surface area contributed by atoms with E-state index in [1.54, 1.807) is 19.1 Å². The first kappa shape index (κ1) is 13.5. The van der Waals surface area contributed by atoms with Gasteiger partial charge in [-0.25, -0.2) is 8.78 Å². The van der Waals surface area contributed by atoms with Crippen molar-refractivity contribution in [3.05, 3.63) is 59.2 Å². The van der Waals surface area contributed by atoms with Gasteiger partial charge in [0.1, 0.15) is 17.2 Å². The fourth-order valence-corrected chi connectivity index (χ4v) is 1.77. The summed E-state index contributed by atoms with van der Waals surface area (Å²) in [6.45, 7) is 1.80. The molecule has 0 nitrogen and oxygen atoms in total. The molecule has 0 unspecified atom stereocenters. The van der Waals surface area contributed by atoms with Crippen LogP contribution in [0.15, 0.2) is 36.4 Å². The lowest BCUT2D eigenvalue weighted by atomic mass is 10.0. The van der Waals surface area contributed by atoms with E-state index in [9.17, 15) is 22.0 Å². The zero-order valence-electron chi connectivity index (χ0n) is 9.85. The van der Waals surface area contributed by atoms with E-state index in [2.05, 4.69) is 0 Å². The van der Waals surface area contributed by atoms with Gasteiger partial charge in [0.05, 0.1) is 0 Å². The molecule has 0 atom stereocenters. The maximum Gasteiger partial charge on any atom is 0.422 e. The molecule has 0 aliphatic rings. The molecule has 0 aromatic heterocycles. The minimum absolute atomic E-state index is 0.270. The predicted octanol–water partition coefficient (Wildman–Crippen LogP) is 4.96. The highest BCUT2D eigenvalue weighted by Crippen LogP contribution is 2.37. The van der Waals surface area contributed by atoms with Crippen LogP contribution >= 0.6 is 0 Å². The van der Waals surface area contributed by atoms with Gasteiger partial charge in [-0.05, 0) is 24.6 Å². The average molecular weight is 272 g/mol. The van der Waals surface area contributed by atoms with Crippen molar-refractivity contribution in [1.82, 2.24) is 0 Å². The standard InChI is InChI=1S/C14H9F5/c1-8-2-4-9(5-3-8)10-6-7-11(15)12(13(10)16)14(17,18)19/h2-7H,1H3. The Morgan fingerprint density at radius 2 is 1.42 bits per heavy atom. The van der Waals surface area contributed by atoms with E-state index in [1.165, 1.54) is 12.1 Å². The van der Waals surface area contributed by atoms with Gasteiger partial charge in [0.15, 0.2) is 0 Å². The third-order valence-corrected chi connectivity index (χ3v) is 2.74. The topological polar surface area (TPSA) is 0 Å². The summed E-state index contributed by atoms with van der Waals surface area (Å²) in [5.74, 6) is -3.20. The molecule has 5 heteroatoms.